The second-order valence-electron chi connectivity index (χ2n) is 4.59. The van der Waals surface area contributed by atoms with Crippen LogP contribution >= 0.6 is 11.3 Å². The summed E-state index contributed by atoms with van der Waals surface area (Å²) < 4.78 is 36.9. The summed E-state index contributed by atoms with van der Waals surface area (Å²) in [4.78, 5) is 12.7. The first-order valence-corrected chi connectivity index (χ1v) is 7.46. The first-order valence-electron chi connectivity index (χ1n) is 6.58. The minimum Gasteiger partial charge on any atom is -0.449 e. The van der Waals surface area contributed by atoms with Crippen LogP contribution in [0.3, 0.4) is 0 Å². The van der Waals surface area contributed by atoms with Crippen molar-refractivity contribution in [1.82, 2.24) is 10.2 Å². The molecule has 0 unspecified atom stereocenters. The van der Waals surface area contributed by atoms with Crippen LogP contribution in [-0.4, -0.2) is 16.2 Å². The van der Waals surface area contributed by atoms with E-state index in [2.05, 4.69) is 10.2 Å². The lowest BCUT2D eigenvalue weighted by molar-refractivity contribution is 0.0274. The molecular formula is C15H10F2N2O3S. The van der Waals surface area contributed by atoms with E-state index in [1.54, 1.807) is 0 Å². The summed E-state index contributed by atoms with van der Waals surface area (Å²) in [5.74, 6) is -2.31. The van der Waals surface area contributed by atoms with Crippen molar-refractivity contribution in [2.75, 3.05) is 0 Å². The Morgan fingerprint density at radius 2 is 2.13 bits per heavy atom. The molecule has 0 saturated carbocycles. The fraction of sp³-hybridized carbons (Fsp3) is 0.133. The minimum atomic E-state index is -0.994. The molecular weight excluding hydrogens is 326 g/mol. The molecule has 1 atom stereocenters. The molecule has 1 aromatic carbocycles. The number of halogens is 2. The number of carbonyl (C=O) groups excluding carboxylic acids is 1. The van der Waals surface area contributed by atoms with Crippen LogP contribution in [0.25, 0.3) is 10.8 Å². The molecule has 3 aromatic rings. The van der Waals surface area contributed by atoms with Crippen molar-refractivity contribution in [2.45, 2.75) is 13.0 Å². The molecule has 8 heteroatoms. The second kappa shape index (κ2) is 6.25. The molecule has 0 N–H and O–H groups in total. The van der Waals surface area contributed by atoms with E-state index >= 15 is 0 Å². The fourth-order valence-electron chi connectivity index (χ4n) is 1.83. The van der Waals surface area contributed by atoms with Crippen LogP contribution in [0, 0.1) is 11.6 Å². The second-order valence-corrected chi connectivity index (χ2v) is 5.54. The summed E-state index contributed by atoms with van der Waals surface area (Å²) >= 11 is 1.43. The molecule has 0 spiro atoms. The highest BCUT2D eigenvalue weighted by atomic mass is 32.1. The number of rotatable bonds is 4. The number of nitrogens with zero attached hydrogens (tertiary/aromatic N) is 2. The quantitative estimate of drug-likeness (QED) is 0.674. The Kier molecular flexibility index (Phi) is 4.16. The zero-order chi connectivity index (χ0) is 16.4. The van der Waals surface area contributed by atoms with Crippen molar-refractivity contribution in [3.8, 4) is 10.8 Å². The maximum atomic E-state index is 13.6. The standard InChI is InChI=1S/C15H10F2N2O3S/c1-8(13-18-19-14(22-13)12-3-2-6-23-12)21-15(20)10-5-4-9(16)7-11(10)17/h2-8H,1H3/t8-/m0/s1. The van der Waals surface area contributed by atoms with Gasteiger partial charge in [-0.05, 0) is 30.5 Å². The Balaban J connectivity index is 1.74. The van der Waals surface area contributed by atoms with Crippen LogP contribution in [0.2, 0.25) is 0 Å². The summed E-state index contributed by atoms with van der Waals surface area (Å²) in [7, 11) is 0. The number of hydrogen-bond acceptors (Lipinski definition) is 6. The lowest BCUT2D eigenvalue weighted by Crippen LogP contribution is -2.11. The van der Waals surface area contributed by atoms with Gasteiger partial charge in [0.15, 0.2) is 6.10 Å². The molecule has 5 nitrogen and oxygen atoms in total. The molecule has 0 saturated heterocycles. The maximum Gasteiger partial charge on any atom is 0.341 e. The van der Waals surface area contributed by atoms with E-state index in [-0.39, 0.29) is 11.5 Å². The van der Waals surface area contributed by atoms with Gasteiger partial charge in [-0.2, -0.15) is 0 Å². The largest absolute Gasteiger partial charge is 0.449 e. The van der Waals surface area contributed by atoms with E-state index in [4.69, 9.17) is 9.15 Å². The van der Waals surface area contributed by atoms with Gasteiger partial charge in [0.05, 0.1) is 10.4 Å². The molecule has 0 aliphatic rings. The topological polar surface area (TPSA) is 65.2 Å². The van der Waals surface area contributed by atoms with E-state index < -0.39 is 23.7 Å². The van der Waals surface area contributed by atoms with Crippen molar-refractivity contribution >= 4 is 17.3 Å². The number of hydrogen-bond donors (Lipinski definition) is 0. The molecule has 0 radical (unpaired) electrons. The monoisotopic (exact) mass is 336 g/mol. The van der Waals surface area contributed by atoms with Crippen molar-refractivity contribution < 1.29 is 22.7 Å². The van der Waals surface area contributed by atoms with Crippen molar-refractivity contribution in [3.05, 3.63) is 58.8 Å². The summed E-state index contributed by atoms with van der Waals surface area (Å²) in [6.07, 6.45) is -0.867. The predicted octanol–water partition coefficient (Wildman–Crippen LogP) is 3.99. The summed E-state index contributed by atoms with van der Waals surface area (Å²) in [5, 5.41) is 9.54. The van der Waals surface area contributed by atoms with Gasteiger partial charge in [-0.25, -0.2) is 13.6 Å². The number of esters is 1. The Hall–Kier alpha value is -2.61. The normalized spacial score (nSPS) is 12.1. The number of benzene rings is 1. The molecule has 2 heterocycles. The van der Waals surface area contributed by atoms with Crippen LogP contribution in [-0.2, 0) is 4.74 Å². The van der Waals surface area contributed by atoms with Crippen molar-refractivity contribution in [3.63, 3.8) is 0 Å². The van der Waals surface area contributed by atoms with Crippen LogP contribution in [0.5, 0.6) is 0 Å². The number of aromatic nitrogens is 2. The Bertz CT molecular complexity index is 833. The zero-order valence-corrected chi connectivity index (χ0v) is 12.6. The predicted molar refractivity (Wildman–Crippen MR) is 77.8 cm³/mol. The summed E-state index contributed by atoms with van der Waals surface area (Å²) in [6.45, 7) is 1.52. The molecule has 3 rings (SSSR count). The lowest BCUT2D eigenvalue weighted by atomic mass is 10.2. The summed E-state index contributed by atoms with van der Waals surface area (Å²) in [6, 6.07) is 6.26. The van der Waals surface area contributed by atoms with Gasteiger partial charge in [0.25, 0.3) is 11.8 Å². The number of ether oxygens (including phenoxy) is 1. The van der Waals surface area contributed by atoms with E-state index in [0.717, 1.165) is 17.0 Å². The molecule has 2 aromatic heterocycles. The molecule has 0 amide bonds. The van der Waals surface area contributed by atoms with Gasteiger partial charge < -0.3 is 9.15 Å². The van der Waals surface area contributed by atoms with Crippen LogP contribution in [0.1, 0.15) is 29.3 Å². The Morgan fingerprint density at radius 1 is 1.30 bits per heavy atom. The van der Waals surface area contributed by atoms with E-state index in [1.807, 2.05) is 17.5 Å². The van der Waals surface area contributed by atoms with E-state index in [9.17, 15) is 13.6 Å². The highest BCUT2D eigenvalue weighted by Gasteiger charge is 2.22. The van der Waals surface area contributed by atoms with Crippen LogP contribution < -0.4 is 0 Å². The van der Waals surface area contributed by atoms with E-state index in [0.29, 0.717) is 12.0 Å². The number of thiophene rings is 1. The third-order valence-electron chi connectivity index (χ3n) is 2.96. The average Bonchev–Trinajstić information content (AvgIpc) is 3.18. The third-order valence-corrected chi connectivity index (χ3v) is 3.81. The number of carbonyl (C=O) groups is 1. The molecule has 23 heavy (non-hydrogen) atoms. The van der Waals surface area contributed by atoms with Crippen LogP contribution in [0.4, 0.5) is 8.78 Å². The van der Waals surface area contributed by atoms with Gasteiger partial charge in [-0.3, -0.25) is 0 Å². The zero-order valence-electron chi connectivity index (χ0n) is 11.8. The van der Waals surface area contributed by atoms with Gasteiger partial charge in [0, 0.05) is 6.07 Å². The highest BCUT2D eigenvalue weighted by Crippen LogP contribution is 2.26. The first kappa shape index (κ1) is 15.3. The van der Waals surface area contributed by atoms with Gasteiger partial charge in [-0.15, -0.1) is 21.5 Å². The minimum absolute atomic E-state index is 0.0873. The Morgan fingerprint density at radius 3 is 2.83 bits per heavy atom. The maximum absolute atomic E-state index is 13.6. The first-order chi connectivity index (χ1) is 11.0. The highest BCUT2D eigenvalue weighted by molar-refractivity contribution is 7.13. The molecule has 0 aliphatic heterocycles. The molecule has 118 valence electrons. The van der Waals surface area contributed by atoms with Gasteiger partial charge in [0.1, 0.15) is 11.6 Å². The van der Waals surface area contributed by atoms with Gasteiger partial charge >= 0.3 is 5.97 Å². The molecule has 0 fully saturated rings. The lowest BCUT2D eigenvalue weighted by Gasteiger charge is -2.09. The van der Waals surface area contributed by atoms with E-state index in [1.165, 1.54) is 18.3 Å². The van der Waals surface area contributed by atoms with Gasteiger partial charge in [-0.1, -0.05) is 6.07 Å². The smallest absolute Gasteiger partial charge is 0.341 e. The van der Waals surface area contributed by atoms with Gasteiger partial charge in [0.2, 0.25) is 0 Å². The molecule has 0 bridgehead atoms. The molecule has 0 aliphatic carbocycles. The van der Waals surface area contributed by atoms with Crippen LogP contribution in [0.15, 0.2) is 40.1 Å². The Labute approximate surface area is 133 Å². The average molecular weight is 336 g/mol. The van der Waals surface area contributed by atoms with Crippen molar-refractivity contribution in [1.29, 1.82) is 0 Å². The third kappa shape index (κ3) is 3.26. The summed E-state index contributed by atoms with van der Waals surface area (Å²) in [5.41, 5.74) is -0.365. The SMILES string of the molecule is C[C@H](OC(=O)c1ccc(F)cc1F)c1nnc(-c2cccs2)o1. The fourth-order valence-corrected chi connectivity index (χ4v) is 2.47. The van der Waals surface area contributed by atoms with Crippen molar-refractivity contribution in [2.24, 2.45) is 0 Å².